The highest BCUT2D eigenvalue weighted by Gasteiger charge is 2.17. The molecule has 3 nitrogen and oxygen atoms in total. The van der Waals surface area contributed by atoms with Crippen LogP contribution in [0.2, 0.25) is 0 Å². The van der Waals surface area contributed by atoms with Crippen LogP contribution in [-0.2, 0) is 0 Å². The summed E-state index contributed by atoms with van der Waals surface area (Å²) in [4.78, 5) is 11.6. The molecule has 4 heteroatoms. The highest BCUT2D eigenvalue weighted by atomic mass is 19.1. The summed E-state index contributed by atoms with van der Waals surface area (Å²) in [5, 5.41) is 4.36. The van der Waals surface area contributed by atoms with E-state index in [1.807, 2.05) is 20.8 Å². The predicted molar refractivity (Wildman–Crippen MR) is 67.7 cm³/mol. The molecule has 94 valence electrons. The Balaban J connectivity index is 2.75. The maximum absolute atomic E-state index is 13.8. The van der Waals surface area contributed by atoms with Gasteiger partial charge in [0, 0.05) is 5.69 Å². The first kappa shape index (κ1) is 12.5. The Hall–Kier alpha value is -1.97. The zero-order valence-electron chi connectivity index (χ0n) is 10.9. The van der Waals surface area contributed by atoms with Gasteiger partial charge in [-0.3, -0.25) is 4.79 Å². The molecule has 1 aromatic carbocycles. The number of aryl methyl sites for hydroxylation is 1. The molecule has 1 heterocycles. The molecule has 0 aliphatic heterocycles. The smallest absolute Gasteiger partial charge is 0.164 e. The molecule has 0 bridgehead atoms. The van der Waals surface area contributed by atoms with Crippen LogP contribution < -0.4 is 0 Å². The number of halogens is 1. The summed E-state index contributed by atoms with van der Waals surface area (Å²) in [6.07, 6.45) is 0. The van der Waals surface area contributed by atoms with Crippen molar-refractivity contribution >= 4 is 5.78 Å². The third-order valence-corrected chi connectivity index (χ3v) is 3.22. The van der Waals surface area contributed by atoms with E-state index in [1.165, 1.54) is 13.0 Å². The predicted octanol–water partition coefficient (Wildman–Crippen LogP) is 3.14. The monoisotopic (exact) mass is 246 g/mol. The fraction of sp³-hybridized carbons (Fsp3) is 0.286. The van der Waals surface area contributed by atoms with Crippen molar-refractivity contribution < 1.29 is 9.18 Å². The van der Waals surface area contributed by atoms with E-state index in [4.69, 9.17) is 0 Å². The summed E-state index contributed by atoms with van der Waals surface area (Å²) in [5.41, 5.74) is 3.43. The molecular weight excluding hydrogens is 231 g/mol. The second-order valence-electron chi connectivity index (χ2n) is 4.40. The minimum atomic E-state index is -0.509. The molecule has 2 aromatic rings. The topological polar surface area (TPSA) is 34.9 Å². The van der Waals surface area contributed by atoms with Crippen molar-refractivity contribution in [3.63, 3.8) is 0 Å². The van der Waals surface area contributed by atoms with Gasteiger partial charge in [0.15, 0.2) is 5.78 Å². The number of carbonyl (C=O) groups is 1. The number of rotatable bonds is 2. The van der Waals surface area contributed by atoms with Gasteiger partial charge in [0.25, 0.3) is 0 Å². The maximum atomic E-state index is 13.8. The molecule has 0 saturated carbocycles. The quantitative estimate of drug-likeness (QED) is 0.763. The first-order chi connectivity index (χ1) is 8.43. The standard InChI is InChI=1S/C14H15FN2O/c1-8-9(2)16-17(10(8)3)13-7-5-6-12(15)14(13)11(4)18/h5-7H,1-4H3. The summed E-state index contributed by atoms with van der Waals surface area (Å²) in [6, 6.07) is 4.58. The fourth-order valence-electron chi connectivity index (χ4n) is 1.99. The van der Waals surface area contributed by atoms with E-state index in [9.17, 15) is 9.18 Å². The molecule has 0 aliphatic carbocycles. The number of ketones is 1. The summed E-state index contributed by atoms with van der Waals surface area (Å²) < 4.78 is 15.4. The number of nitrogens with zero attached hydrogens (tertiary/aromatic N) is 2. The van der Waals surface area contributed by atoms with Crippen molar-refractivity contribution in [3.05, 3.63) is 46.5 Å². The van der Waals surface area contributed by atoms with Crippen LogP contribution in [0.25, 0.3) is 5.69 Å². The summed E-state index contributed by atoms with van der Waals surface area (Å²) in [6.45, 7) is 7.12. The van der Waals surface area contributed by atoms with Crippen LogP contribution in [0.4, 0.5) is 4.39 Å². The summed E-state index contributed by atoms with van der Waals surface area (Å²) in [5.74, 6) is -0.807. The largest absolute Gasteiger partial charge is 0.294 e. The number of aromatic nitrogens is 2. The molecule has 2 rings (SSSR count). The average Bonchev–Trinajstić information content (AvgIpc) is 2.56. The van der Waals surface area contributed by atoms with Crippen LogP contribution in [0.15, 0.2) is 18.2 Å². The van der Waals surface area contributed by atoms with Gasteiger partial charge in [-0.2, -0.15) is 5.10 Å². The van der Waals surface area contributed by atoms with E-state index in [0.29, 0.717) is 5.69 Å². The van der Waals surface area contributed by atoms with Gasteiger partial charge in [0.2, 0.25) is 0 Å². The molecule has 0 unspecified atom stereocenters. The van der Waals surface area contributed by atoms with Gasteiger partial charge in [0.05, 0.1) is 16.9 Å². The van der Waals surface area contributed by atoms with Gasteiger partial charge in [-0.25, -0.2) is 9.07 Å². The van der Waals surface area contributed by atoms with Crippen molar-refractivity contribution in [1.82, 2.24) is 9.78 Å². The Morgan fingerprint density at radius 3 is 2.44 bits per heavy atom. The van der Waals surface area contributed by atoms with Crippen molar-refractivity contribution in [2.45, 2.75) is 27.7 Å². The number of hydrogen-bond donors (Lipinski definition) is 0. The molecular formula is C14H15FN2O. The molecule has 0 N–H and O–H groups in total. The normalized spacial score (nSPS) is 10.7. The van der Waals surface area contributed by atoms with Crippen LogP contribution in [-0.4, -0.2) is 15.6 Å². The van der Waals surface area contributed by atoms with Crippen LogP contribution >= 0.6 is 0 Å². The van der Waals surface area contributed by atoms with E-state index in [1.54, 1.807) is 16.8 Å². The Morgan fingerprint density at radius 1 is 1.28 bits per heavy atom. The highest BCUT2D eigenvalue weighted by Crippen LogP contribution is 2.22. The van der Waals surface area contributed by atoms with Gasteiger partial charge in [-0.15, -0.1) is 0 Å². The van der Waals surface area contributed by atoms with Gasteiger partial charge >= 0.3 is 0 Å². The molecule has 0 saturated heterocycles. The molecule has 0 atom stereocenters. The fourth-order valence-corrected chi connectivity index (χ4v) is 1.99. The molecule has 0 spiro atoms. The van der Waals surface area contributed by atoms with Gasteiger partial charge < -0.3 is 0 Å². The van der Waals surface area contributed by atoms with Gasteiger partial charge in [-0.1, -0.05) is 6.07 Å². The molecule has 0 aliphatic rings. The van der Waals surface area contributed by atoms with E-state index < -0.39 is 5.82 Å². The lowest BCUT2D eigenvalue weighted by Crippen LogP contribution is -2.08. The minimum absolute atomic E-state index is 0.0862. The van der Waals surface area contributed by atoms with E-state index in [2.05, 4.69) is 5.10 Å². The first-order valence-corrected chi connectivity index (χ1v) is 5.76. The number of carbonyl (C=O) groups excluding carboxylic acids is 1. The third kappa shape index (κ3) is 1.83. The van der Waals surface area contributed by atoms with E-state index >= 15 is 0 Å². The number of hydrogen-bond acceptors (Lipinski definition) is 2. The Morgan fingerprint density at radius 2 is 1.94 bits per heavy atom. The van der Waals surface area contributed by atoms with E-state index in [0.717, 1.165) is 17.0 Å². The summed E-state index contributed by atoms with van der Waals surface area (Å²) >= 11 is 0. The Kier molecular flexibility index (Phi) is 3.03. The van der Waals surface area contributed by atoms with Gasteiger partial charge in [-0.05, 0) is 45.4 Å². The lowest BCUT2D eigenvalue weighted by molar-refractivity contribution is 0.101. The second-order valence-corrected chi connectivity index (χ2v) is 4.40. The SMILES string of the molecule is CC(=O)c1c(F)cccc1-n1nc(C)c(C)c1C. The Labute approximate surface area is 105 Å². The van der Waals surface area contributed by atoms with Crippen molar-refractivity contribution in [3.8, 4) is 5.69 Å². The Bertz CT molecular complexity index is 629. The third-order valence-electron chi connectivity index (χ3n) is 3.22. The van der Waals surface area contributed by atoms with Crippen LogP contribution in [0.3, 0.4) is 0 Å². The van der Waals surface area contributed by atoms with Crippen LogP contribution in [0, 0.1) is 26.6 Å². The molecule has 0 radical (unpaired) electrons. The maximum Gasteiger partial charge on any atom is 0.164 e. The lowest BCUT2D eigenvalue weighted by atomic mass is 10.1. The van der Waals surface area contributed by atoms with Crippen LogP contribution in [0.1, 0.15) is 34.2 Å². The van der Waals surface area contributed by atoms with Crippen LogP contribution in [0.5, 0.6) is 0 Å². The molecule has 18 heavy (non-hydrogen) atoms. The lowest BCUT2D eigenvalue weighted by Gasteiger charge is -2.10. The number of Topliss-reactive ketones (excluding diaryl/α,β-unsaturated/α-hetero) is 1. The molecule has 0 amide bonds. The van der Waals surface area contributed by atoms with Gasteiger partial charge in [0.1, 0.15) is 5.82 Å². The second kappa shape index (κ2) is 4.37. The molecule has 1 aromatic heterocycles. The minimum Gasteiger partial charge on any atom is -0.294 e. The summed E-state index contributed by atoms with van der Waals surface area (Å²) in [7, 11) is 0. The number of benzene rings is 1. The van der Waals surface area contributed by atoms with Crippen molar-refractivity contribution in [2.75, 3.05) is 0 Å². The van der Waals surface area contributed by atoms with Crippen molar-refractivity contribution in [1.29, 1.82) is 0 Å². The van der Waals surface area contributed by atoms with E-state index in [-0.39, 0.29) is 11.3 Å². The highest BCUT2D eigenvalue weighted by molar-refractivity contribution is 5.98. The zero-order valence-corrected chi connectivity index (χ0v) is 10.9. The zero-order chi connectivity index (χ0) is 13.4. The average molecular weight is 246 g/mol. The molecule has 0 fully saturated rings. The first-order valence-electron chi connectivity index (χ1n) is 5.76. The van der Waals surface area contributed by atoms with Crippen molar-refractivity contribution in [2.24, 2.45) is 0 Å².